The van der Waals surface area contributed by atoms with Gasteiger partial charge in [0, 0.05) is 18.8 Å². The van der Waals surface area contributed by atoms with Crippen molar-refractivity contribution in [3.8, 4) is 5.88 Å². The molecule has 1 aromatic heterocycles. The Hall–Kier alpha value is -0.780. The Bertz CT molecular complexity index is 544. The van der Waals surface area contributed by atoms with Crippen LogP contribution >= 0.6 is 15.9 Å². The average molecular weight is 291 g/mol. The molecule has 1 rings (SSSR count). The molecule has 0 N–H and O–H groups in total. The number of nitrogens with zero attached hydrogens (tertiary/aromatic N) is 1. The molecule has 0 saturated carbocycles. The van der Waals surface area contributed by atoms with Crippen molar-refractivity contribution < 1.29 is 27.5 Å². The molecule has 2 nitrogen and oxygen atoms in total. The van der Waals surface area contributed by atoms with Crippen molar-refractivity contribution >= 4 is 15.9 Å². The van der Waals surface area contributed by atoms with Crippen LogP contribution in [0, 0.1) is 0 Å². The number of pyridine rings is 1. The van der Waals surface area contributed by atoms with Gasteiger partial charge in [-0.05, 0) is 19.8 Å². The highest BCUT2D eigenvalue weighted by Crippen LogP contribution is 2.31. The summed E-state index contributed by atoms with van der Waals surface area (Å²) < 4.78 is 92.6. The minimum atomic E-state index is -4.85. The molecule has 0 spiro atoms. The van der Waals surface area contributed by atoms with E-state index in [1.165, 1.54) is 0 Å². The van der Waals surface area contributed by atoms with Gasteiger partial charge in [-0.3, -0.25) is 0 Å². The predicted molar refractivity (Wildman–Crippen MR) is 52.7 cm³/mol. The molecule has 0 aliphatic carbocycles. The number of aromatic nitrogens is 1. The third-order valence-corrected chi connectivity index (χ3v) is 1.72. The molecule has 1 heterocycles. The third kappa shape index (κ3) is 3.70. The first-order chi connectivity index (χ1) is 9.58. The van der Waals surface area contributed by atoms with Crippen LogP contribution in [0.4, 0.5) is 13.2 Å². The van der Waals surface area contributed by atoms with E-state index in [-0.39, 0.29) is 4.47 Å². The van der Waals surface area contributed by atoms with Gasteiger partial charge >= 0.3 is 6.18 Å². The van der Waals surface area contributed by atoms with Crippen LogP contribution < -0.4 is 4.74 Å². The van der Waals surface area contributed by atoms with E-state index in [0.29, 0.717) is 6.07 Å². The second-order valence-corrected chi connectivity index (χ2v) is 3.35. The number of alkyl halides is 3. The fourth-order valence-corrected chi connectivity index (χ4v) is 1.19. The molecule has 0 radical (unpaired) electrons. The van der Waals surface area contributed by atoms with Gasteiger partial charge in [0.2, 0.25) is 5.88 Å². The summed E-state index contributed by atoms with van der Waals surface area (Å²) in [6.07, 6.45) is -8.32. The second-order valence-electron chi connectivity index (χ2n) is 2.44. The minimum absolute atomic E-state index is 0.164. The smallest absolute Gasteiger partial charge is 0.433 e. The third-order valence-electron chi connectivity index (χ3n) is 1.26. The van der Waals surface area contributed by atoms with Crippen LogP contribution in [0.2, 0.25) is 0 Å². The zero-order valence-corrected chi connectivity index (χ0v) is 8.61. The summed E-state index contributed by atoms with van der Waals surface area (Å²) in [5, 5.41) is 0. The molecule has 6 heteroatoms. The SMILES string of the molecule is [2H]C([2H])([2H])C([2H])(Oc1cc(Br)cc(C(F)(F)F)n1)C([2H])([2H])[2H]. The van der Waals surface area contributed by atoms with E-state index >= 15 is 0 Å². The van der Waals surface area contributed by atoms with Gasteiger partial charge < -0.3 is 4.74 Å². The number of hydrogen-bond acceptors (Lipinski definition) is 2. The first kappa shape index (κ1) is 5.52. The molecule has 0 unspecified atom stereocenters. The summed E-state index contributed by atoms with van der Waals surface area (Å²) in [6.45, 7) is -6.89. The van der Waals surface area contributed by atoms with Crippen LogP contribution in [0.25, 0.3) is 0 Å². The van der Waals surface area contributed by atoms with Crippen LogP contribution in [-0.2, 0) is 6.18 Å². The van der Waals surface area contributed by atoms with Gasteiger partial charge in [0.25, 0.3) is 0 Å². The highest BCUT2D eigenvalue weighted by molar-refractivity contribution is 9.10. The lowest BCUT2D eigenvalue weighted by Crippen LogP contribution is -2.12. The fourth-order valence-electron chi connectivity index (χ4n) is 0.776. The van der Waals surface area contributed by atoms with Gasteiger partial charge in [0.15, 0.2) is 0 Å². The highest BCUT2D eigenvalue weighted by atomic mass is 79.9. The molecule has 0 atom stereocenters. The van der Waals surface area contributed by atoms with Crippen molar-refractivity contribution in [2.75, 3.05) is 0 Å². The van der Waals surface area contributed by atoms with Gasteiger partial charge in [0.1, 0.15) is 5.69 Å². The molecule has 0 aliphatic rings. The van der Waals surface area contributed by atoms with E-state index in [1.807, 2.05) is 0 Å². The fraction of sp³-hybridized carbons (Fsp3) is 0.444. The molecule has 0 bridgehead atoms. The van der Waals surface area contributed by atoms with Gasteiger partial charge in [-0.25, -0.2) is 4.98 Å². The number of halogens is 4. The molecule has 1 aromatic rings. The lowest BCUT2D eigenvalue weighted by atomic mass is 10.3. The first-order valence-corrected chi connectivity index (χ1v) is 4.31. The summed E-state index contributed by atoms with van der Waals surface area (Å²) >= 11 is 2.75. The van der Waals surface area contributed by atoms with Crippen LogP contribution in [0.15, 0.2) is 16.6 Å². The maximum Gasteiger partial charge on any atom is 0.433 e. The first-order valence-electron chi connectivity index (χ1n) is 7.02. The van der Waals surface area contributed by atoms with Gasteiger partial charge in [-0.2, -0.15) is 13.2 Å². The van der Waals surface area contributed by atoms with E-state index in [2.05, 4.69) is 25.7 Å². The largest absolute Gasteiger partial charge is 0.475 e. The van der Waals surface area contributed by atoms with Crippen molar-refractivity contribution in [2.45, 2.75) is 26.0 Å². The zero-order chi connectivity index (χ0) is 17.6. The molecular weight excluding hydrogens is 275 g/mol. The number of rotatable bonds is 2. The Morgan fingerprint density at radius 1 is 1.53 bits per heavy atom. The van der Waals surface area contributed by atoms with Crippen molar-refractivity contribution in [3.63, 3.8) is 0 Å². The maximum atomic E-state index is 12.6. The minimum Gasteiger partial charge on any atom is -0.475 e. The van der Waals surface area contributed by atoms with Crippen LogP contribution in [-0.4, -0.2) is 11.1 Å². The Morgan fingerprint density at radius 3 is 2.73 bits per heavy atom. The Labute approximate surface area is 103 Å². The Morgan fingerprint density at radius 2 is 2.20 bits per heavy atom. The zero-order valence-electron chi connectivity index (χ0n) is 14.0. The highest BCUT2D eigenvalue weighted by Gasteiger charge is 2.33. The van der Waals surface area contributed by atoms with Crippen molar-refractivity contribution in [3.05, 3.63) is 22.3 Å². The van der Waals surface area contributed by atoms with Crippen LogP contribution in [0.1, 0.15) is 29.0 Å². The molecular formula is C9H9BrF3NO. The van der Waals surface area contributed by atoms with E-state index in [4.69, 9.17) is 9.60 Å². The van der Waals surface area contributed by atoms with Gasteiger partial charge in [-0.1, -0.05) is 15.9 Å². The standard InChI is InChI=1S/C9H9BrF3NO/c1-5(2)15-8-4-6(10)3-7(14-8)9(11,12)13/h3-5H,1-2H3/i1D3,2D3,5D. The molecule has 0 aliphatic heterocycles. The predicted octanol–water partition coefficient (Wildman–Crippen LogP) is 3.65. The summed E-state index contributed by atoms with van der Waals surface area (Å²) in [7, 11) is 0. The van der Waals surface area contributed by atoms with Crippen molar-refractivity contribution in [2.24, 2.45) is 0 Å². The lowest BCUT2D eigenvalue weighted by Gasteiger charge is -2.12. The molecule has 0 aromatic carbocycles. The topological polar surface area (TPSA) is 22.1 Å². The summed E-state index contributed by atoms with van der Waals surface area (Å²) in [6, 6.07) is 1.44. The quantitative estimate of drug-likeness (QED) is 0.829. The van der Waals surface area contributed by atoms with Gasteiger partial charge in [-0.15, -0.1) is 0 Å². The summed E-state index contributed by atoms with van der Waals surface area (Å²) in [5.41, 5.74) is -1.42. The summed E-state index contributed by atoms with van der Waals surface area (Å²) in [4.78, 5) is 3.02. The monoisotopic (exact) mass is 290 g/mol. The average Bonchev–Trinajstić information content (AvgIpc) is 2.23. The molecule has 15 heavy (non-hydrogen) atoms. The normalized spacial score (nSPS) is 21.2. The van der Waals surface area contributed by atoms with E-state index in [1.54, 1.807) is 0 Å². The van der Waals surface area contributed by atoms with E-state index < -0.39 is 37.5 Å². The van der Waals surface area contributed by atoms with Crippen LogP contribution in [0.5, 0.6) is 5.88 Å². The van der Waals surface area contributed by atoms with E-state index in [0.717, 1.165) is 6.07 Å². The molecule has 84 valence electrons. The van der Waals surface area contributed by atoms with Crippen molar-refractivity contribution in [1.29, 1.82) is 0 Å². The Balaban J connectivity index is 3.35. The van der Waals surface area contributed by atoms with Gasteiger partial charge in [0.05, 0.1) is 7.45 Å². The Kier molecular flexibility index (Phi) is 1.61. The van der Waals surface area contributed by atoms with E-state index in [9.17, 15) is 13.2 Å². The number of hydrogen-bond donors (Lipinski definition) is 0. The molecule has 0 saturated heterocycles. The second kappa shape index (κ2) is 4.38. The van der Waals surface area contributed by atoms with Crippen LogP contribution in [0.3, 0.4) is 0 Å². The summed E-state index contributed by atoms with van der Waals surface area (Å²) in [5.74, 6) is -0.941. The number of ether oxygens (including phenoxy) is 1. The molecule has 0 amide bonds. The lowest BCUT2D eigenvalue weighted by molar-refractivity contribution is -0.141. The maximum absolute atomic E-state index is 12.6. The van der Waals surface area contributed by atoms with Crippen molar-refractivity contribution in [1.82, 2.24) is 4.98 Å². The molecule has 0 fully saturated rings.